The number of benzene rings is 2. The van der Waals surface area contributed by atoms with Crippen LogP contribution in [0, 0.1) is 5.82 Å². The molecule has 0 aliphatic rings. The normalized spacial score (nSPS) is 12.1. The SMILES string of the molecule is COCCS(=O)Cc1cccc(NCc2ccc(F)cc2)c1. The Kier molecular flexibility index (Phi) is 6.55. The Labute approximate surface area is 133 Å². The van der Waals surface area contributed by atoms with Crippen LogP contribution < -0.4 is 5.32 Å². The maximum Gasteiger partial charge on any atom is 0.123 e. The van der Waals surface area contributed by atoms with Gasteiger partial charge in [-0.3, -0.25) is 4.21 Å². The van der Waals surface area contributed by atoms with Gasteiger partial charge in [-0.05, 0) is 35.4 Å². The molecule has 1 N–H and O–H groups in total. The number of anilines is 1. The van der Waals surface area contributed by atoms with Crippen LogP contribution in [-0.2, 0) is 27.8 Å². The largest absolute Gasteiger partial charge is 0.384 e. The van der Waals surface area contributed by atoms with Crippen molar-refractivity contribution in [2.75, 3.05) is 24.8 Å². The van der Waals surface area contributed by atoms with Crippen LogP contribution >= 0.6 is 0 Å². The van der Waals surface area contributed by atoms with Gasteiger partial charge in [0.05, 0.1) is 6.61 Å². The van der Waals surface area contributed by atoms with Crippen molar-refractivity contribution in [3.63, 3.8) is 0 Å². The maximum atomic E-state index is 12.9. The van der Waals surface area contributed by atoms with E-state index in [4.69, 9.17) is 4.74 Å². The highest BCUT2D eigenvalue weighted by atomic mass is 32.2. The lowest BCUT2D eigenvalue weighted by atomic mass is 10.2. The summed E-state index contributed by atoms with van der Waals surface area (Å²) >= 11 is 0. The molecule has 1 atom stereocenters. The van der Waals surface area contributed by atoms with Crippen molar-refractivity contribution in [3.05, 3.63) is 65.5 Å². The fourth-order valence-corrected chi connectivity index (χ4v) is 3.06. The van der Waals surface area contributed by atoms with Gasteiger partial charge < -0.3 is 10.1 Å². The molecule has 0 radical (unpaired) electrons. The van der Waals surface area contributed by atoms with Crippen molar-refractivity contribution in [1.29, 1.82) is 0 Å². The molecule has 0 heterocycles. The lowest BCUT2D eigenvalue weighted by Crippen LogP contribution is -2.06. The van der Waals surface area contributed by atoms with Crippen molar-refractivity contribution >= 4 is 16.5 Å². The average molecular weight is 321 g/mol. The molecule has 0 spiro atoms. The topological polar surface area (TPSA) is 38.3 Å². The zero-order chi connectivity index (χ0) is 15.8. The second kappa shape index (κ2) is 8.66. The van der Waals surface area contributed by atoms with Crippen molar-refractivity contribution in [3.8, 4) is 0 Å². The van der Waals surface area contributed by atoms with Gasteiger partial charge >= 0.3 is 0 Å². The fourth-order valence-electron chi connectivity index (χ4n) is 2.01. The number of halogens is 1. The first kappa shape index (κ1) is 16.6. The molecule has 1 unspecified atom stereocenters. The van der Waals surface area contributed by atoms with Crippen LogP contribution in [0.3, 0.4) is 0 Å². The molecule has 22 heavy (non-hydrogen) atoms. The van der Waals surface area contributed by atoms with Gasteiger partial charge in [-0.25, -0.2) is 4.39 Å². The molecule has 2 aromatic carbocycles. The van der Waals surface area contributed by atoms with E-state index in [0.717, 1.165) is 16.8 Å². The van der Waals surface area contributed by atoms with Gasteiger partial charge in [0.25, 0.3) is 0 Å². The van der Waals surface area contributed by atoms with Gasteiger partial charge in [-0.15, -0.1) is 0 Å². The van der Waals surface area contributed by atoms with Crippen LogP contribution in [-0.4, -0.2) is 23.7 Å². The summed E-state index contributed by atoms with van der Waals surface area (Å²) in [6.07, 6.45) is 0. The highest BCUT2D eigenvalue weighted by Gasteiger charge is 2.03. The second-order valence-corrected chi connectivity index (χ2v) is 6.54. The summed E-state index contributed by atoms with van der Waals surface area (Å²) < 4.78 is 29.7. The molecular formula is C17H20FNO2S. The molecule has 0 aliphatic carbocycles. The molecule has 0 saturated heterocycles. The lowest BCUT2D eigenvalue weighted by molar-refractivity contribution is 0.218. The Balaban J connectivity index is 1.90. The van der Waals surface area contributed by atoms with Gasteiger partial charge in [-0.2, -0.15) is 0 Å². The zero-order valence-corrected chi connectivity index (χ0v) is 13.4. The smallest absolute Gasteiger partial charge is 0.123 e. The van der Waals surface area contributed by atoms with Gasteiger partial charge in [0.15, 0.2) is 0 Å². The minimum atomic E-state index is -0.916. The van der Waals surface area contributed by atoms with E-state index in [9.17, 15) is 8.60 Å². The van der Waals surface area contributed by atoms with Gasteiger partial charge in [-0.1, -0.05) is 24.3 Å². The fraction of sp³-hybridized carbons (Fsp3) is 0.294. The Morgan fingerprint density at radius 3 is 2.64 bits per heavy atom. The van der Waals surface area contributed by atoms with Crippen molar-refractivity contribution in [1.82, 2.24) is 0 Å². The number of methoxy groups -OCH3 is 1. The summed E-state index contributed by atoms with van der Waals surface area (Å²) in [5.41, 5.74) is 3.00. The molecule has 118 valence electrons. The monoisotopic (exact) mass is 321 g/mol. The molecule has 0 aliphatic heterocycles. The van der Waals surface area contributed by atoms with Crippen LogP contribution in [0.4, 0.5) is 10.1 Å². The third-order valence-electron chi connectivity index (χ3n) is 3.18. The zero-order valence-electron chi connectivity index (χ0n) is 12.5. The van der Waals surface area contributed by atoms with Gasteiger partial charge in [0.2, 0.25) is 0 Å². The van der Waals surface area contributed by atoms with Gasteiger partial charge in [0, 0.05) is 41.6 Å². The first-order valence-corrected chi connectivity index (χ1v) is 8.57. The summed E-state index contributed by atoms with van der Waals surface area (Å²) in [6.45, 7) is 1.13. The van der Waals surface area contributed by atoms with E-state index in [1.54, 1.807) is 19.2 Å². The van der Waals surface area contributed by atoms with Crippen molar-refractivity contribution in [2.24, 2.45) is 0 Å². The maximum absolute atomic E-state index is 12.9. The third-order valence-corrected chi connectivity index (χ3v) is 4.46. The van der Waals surface area contributed by atoms with Crippen LogP contribution in [0.25, 0.3) is 0 Å². The van der Waals surface area contributed by atoms with Gasteiger partial charge in [0.1, 0.15) is 5.82 Å². The highest BCUT2D eigenvalue weighted by Crippen LogP contribution is 2.14. The molecule has 3 nitrogen and oxygen atoms in total. The number of hydrogen-bond acceptors (Lipinski definition) is 3. The molecule has 2 aromatic rings. The molecule has 0 saturated carbocycles. The van der Waals surface area contributed by atoms with Crippen LogP contribution in [0.1, 0.15) is 11.1 Å². The molecule has 0 fully saturated rings. The number of nitrogens with one attached hydrogen (secondary N) is 1. The highest BCUT2D eigenvalue weighted by molar-refractivity contribution is 7.84. The van der Waals surface area contributed by atoms with Crippen LogP contribution in [0.15, 0.2) is 48.5 Å². The van der Waals surface area contributed by atoms with E-state index in [1.807, 2.05) is 24.3 Å². The predicted molar refractivity (Wildman–Crippen MR) is 88.8 cm³/mol. The molecule has 0 aromatic heterocycles. The van der Waals surface area contributed by atoms with Crippen LogP contribution in [0.2, 0.25) is 0 Å². The van der Waals surface area contributed by atoms with Crippen molar-refractivity contribution in [2.45, 2.75) is 12.3 Å². The number of hydrogen-bond donors (Lipinski definition) is 1. The third kappa shape index (κ3) is 5.58. The molecule has 0 amide bonds. The van der Waals surface area contributed by atoms with E-state index >= 15 is 0 Å². The number of ether oxygens (including phenoxy) is 1. The summed E-state index contributed by atoms with van der Waals surface area (Å²) in [5.74, 6) is 0.836. The molecular weight excluding hydrogens is 301 g/mol. The molecule has 0 bridgehead atoms. The Morgan fingerprint density at radius 2 is 1.91 bits per heavy atom. The first-order valence-electron chi connectivity index (χ1n) is 7.08. The minimum Gasteiger partial charge on any atom is -0.384 e. The van der Waals surface area contributed by atoms with Crippen LogP contribution in [0.5, 0.6) is 0 Å². The summed E-state index contributed by atoms with van der Waals surface area (Å²) in [6, 6.07) is 14.3. The Hall–Kier alpha value is -1.72. The molecule has 5 heteroatoms. The second-order valence-electron chi connectivity index (χ2n) is 4.96. The first-order chi connectivity index (χ1) is 10.7. The van der Waals surface area contributed by atoms with E-state index in [2.05, 4.69) is 5.32 Å². The quantitative estimate of drug-likeness (QED) is 0.810. The predicted octanol–water partition coefficient (Wildman–Crippen LogP) is 3.33. The van der Waals surface area contributed by atoms with E-state index in [0.29, 0.717) is 24.7 Å². The summed E-state index contributed by atoms with van der Waals surface area (Å²) in [7, 11) is 0.692. The van der Waals surface area contributed by atoms with Crippen molar-refractivity contribution < 1.29 is 13.3 Å². The average Bonchev–Trinajstić information content (AvgIpc) is 2.53. The minimum absolute atomic E-state index is 0.232. The Bertz CT molecular complexity index is 616. The van der Waals surface area contributed by atoms with E-state index in [1.165, 1.54) is 12.1 Å². The lowest BCUT2D eigenvalue weighted by Gasteiger charge is -2.09. The summed E-state index contributed by atoms with van der Waals surface area (Å²) in [4.78, 5) is 0. The standard InChI is InChI=1S/C17H20FNO2S/c1-21-9-10-22(20)13-15-3-2-4-17(11-15)19-12-14-5-7-16(18)8-6-14/h2-8,11,19H,9-10,12-13H2,1H3. The number of rotatable bonds is 8. The van der Waals surface area contributed by atoms with E-state index < -0.39 is 10.8 Å². The summed E-state index contributed by atoms with van der Waals surface area (Å²) in [5, 5.41) is 3.29. The Morgan fingerprint density at radius 1 is 1.14 bits per heavy atom. The molecule has 2 rings (SSSR count). The van der Waals surface area contributed by atoms with E-state index in [-0.39, 0.29) is 5.82 Å².